The summed E-state index contributed by atoms with van der Waals surface area (Å²) in [6, 6.07) is 16.2. The van der Waals surface area contributed by atoms with Gasteiger partial charge in [-0.1, -0.05) is 29.8 Å². The van der Waals surface area contributed by atoms with E-state index in [1.807, 2.05) is 55.0 Å². The van der Waals surface area contributed by atoms with Crippen molar-refractivity contribution in [2.75, 3.05) is 0 Å². The molecule has 3 aromatic rings. The normalized spacial score (nSPS) is 10.9. The summed E-state index contributed by atoms with van der Waals surface area (Å²) in [5.41, 5.74) is 3.64. The van der Waals surface area contributed by atoms with Crippen molar-refractivity contribution in [2.24, 2.45) is 0 Å². The Morgan fingerprint density at radius 1 is 0.739 bits per heavy atom. The smallest absolute Gasteiger partial charge is 0.0409 e. The first kappa shape index (κ1) is 15.7. The number of nitrogens with zero attached hydrogens (tertiary/aromatic N) is 3. The zero-order chi connectivity index (χ0) is 15.9. The summed E-state index contributed by atoms with van der Waals surface area (Å²) in [5, 5.41) is 0.771. The number of aromatic nitrogens is 2. The molecule has 0 amide bonds. The Labute approximate surface area is 141 Å². The summed E-state index contributed by atoms with van der Waals surface area (Å²) in [4.78, 5) is 10.7. The van der Waals surface area contributed by atoms with Gasteiger partial charge in [-0.05, 0) is 47.0 Å². The number of hydrogen-bond acceptors (Lipinski definition) is 3. The summed E-state index contributed by atoms with van der Waals surface area (Å²) < 4.78 is 0. The molecule has 0 spiro atoms. The van der Waals surface area contributed by atoms with E-state index < -0.39 is 0 Å². The fourth-order valence-electron chi connectivity index (χ4n) is 2.56. The van der Waals surface area contributed by atoms with Gasteiger partial charge in [0.15, 0.2) is 0 Å². The number of rotatable bonds is 6. The molecule has 0 unspecified atom stereocenters. The van der Waals surface area contributed by atoms with Crippen LogP contribution in [-0.4, -0.2) is 14.9 Å². The minimum Gasteiger partial charge on any atom is -0.291 e. The molecule has 0 N–H and O–H groups in total. The molecule has 0 aliphatic heterocycles. The Balaban J connectivity index is 1.77. The quantitative estimate of drug-likeness (QED) is 0.676. The molecule has 0 atom stereocenters. The Hall–Kier alpha value is -2.23. The van der Waals surface area contributed by atoms with Crippen molar-refractivity contribution in [3.63, 3.8) is 0 Å². The SMILES string of the molecule is Clc1cccc(CN(Cc2ccncc2)Cc2cccnc2)c1. The lowest BCUT2D eigenvalue weighted by molar-refractivity contribution is 0.247. The van der Waals surface area contributed by atoms with Crippen molar-refractivity contribution in [1.82, 2.24) is 14.9 Å². The van der Waals surface area contributed by atoms with E-state index >= 15 is 0 Å². The molecule has 0 aliphatic rings. The van der Waals surface area contributed by atoms with Crippen LogP contribution in [0.2, 0.25) is 5.02 Å². The van der Waals surface area contributed by atoms with Gasteiger partial charge in [-0.25, -0.2) is 0 Å². The number of hydrogen-bond donors (Lipinski definition) is 0. The predicted molar refractivity (Wildman–Crippen MR) is 92.9 cm³/mol. The van der Waals surface area contributed by atoms with Gasteiger partial charge < -0.3 is 0 Å². The van der Waals surface area contributed by atoms with E-state index in [9.17, 15) is 0 Å². The predicted octanol–water partition coefficient (Wildman–Crippen LogP) is 4.33. The van der Waals surface area contributed by atoms with Crippen LogP contribution >= 0.6 is 11.6 Å². The van der Waals surface area contributed by atoms with Gasteiger partial charge in [0.05, 0.1) is 0 Å². The Bertz CT molecular complexity index is 690. The number of halogens is 1. The van der Waals surface area contributed by atoms with Crippen LogP contribution in [0, 0.1) is 0 Å². The van der Waals surface area contributed by atoms with Crippen molar-refractivity contribution >= 4 is 11.6 Å². The maximum absolute atomic E-state index is 6.11. The van der Waals surface area contributed by atoms with Crippen molar-refractivity contribution in [1.29, 1.82) is 0 Å². The number of benzene rings is 1. The maximum Gasteiger partial charge on any atom is 0.0409 e. The van der Waals surface area contributed by atoms with Crippen LogP contribution < -0.4 is 0 Å². The first-order chi connectivity index (χ1) is 11.3. The standard InChI is InChI=1S/C19H18ClN3/c20-19-5-1-3-17(11-19)14-23(13-16-6-9-21-10-7-16)15-18-4-2-8-22-12-18/h1-12H,13-15H2. The topological polar surface area (TPSA) is 29.0 Å². The van der Waals surface area contributed by atoms with E-state index in [4.69, 9.17) is 11.6 Å². The molecule has 2 aromatic heterocycles. The van der Waals surface area contributed by atoms with E-state index in [1.165, 1.54) is 16.7 Å². The summed E-state index contributed by atoms with van der Waals surface area (Å²) in [6.45, 7) is 2.52. The van der Waals surface area contributed by atoms with Crippen molar-refractivity contribution in [3.8, 4) is 0 Å². The third-order valence-electron chi connectivity index (χ3n) is 3.58. The fraction of sp³-hybridized carbons (Fsp3) is 0.158. The Morgan fingerprint density at radius 2 is 1.48 bits per heavy atom. The van der Waals surface area contributed by atoms with Gasteiger partial charge in [0, 0.05) is 49.4 Å². The maximum atomic E-state index is 6.11. The second-order valence-electron chi connectivity index (χ2n) is 5.49. The minimum atomic E-state index is 0.771. The lowest BCUT2D eigenvalue weighted by atomic mass is 10.1. The van der Waals surface area contributed by atoms with E-state index in [0.717, 1.165) is 24.7 Å². The Kier molecular flexibility index (Phi) is 5.35. The molecule has 116 valence electrons. The van der Waals surface area contributed by atoms with Gasteiger partial charge in [0.1, 0.15) is 0 Å². The summed E-state index contributed by atoms with van der Waals surface area (Å²) in [5.74, 6) is 0. The molecule has 0 saturated heterocycles. The van der Waals surface area contributed by atoms with Gasteiger partial charge >= 0.3 is 0 Å². The van der Waals surface area contributed by atoms with E-state index in [0.29, 0.717) is 0 Å². The summed E-state index contributed by atoms with van der Waals surface area (Å²) >= 11 is 6.11. The first-order valence-electron chi connectivity index (χ1n) is 7.54. The summed E-state index contributed by atoms with van der Waals surface area (Å²) in [7, 11) is 0. The molecule has 23 heavy (non-hydrogen) atoms. The van der Waals surface area contributed by atoms with Crippen molar-refractivity contribution < 1.29 is 0 Å². The molecular formula is C19H18ClN3. The molecule has 4 heteroatoms. The highest BCUT2D eigenvalue weighted by molar-refractivity contribution is 6.30. The van der Waals surface area contributed by atoms with E-state index in [2.05, 4.69) is 27.0 Å². The fourth-order valence-corrected chi connectivity index (χ4v) is 2.77. The highest BCUT2D eigenvalue weighted by Gasteiger charge is 2.09. The molecule has 3 rings (SSSR count). The van der Waals surface area contributed by atoms with Crippen LogP contribution in [0.25, 0.3) is 0 Å². The highest BCUT2D eigenvalue weighted by Crippen LogP contribution is 2.16. The highest BCUT2D eigenvalue weighted by atomic mass is 35.5. The second kappa shape index (κ2) is 7.86. The molecule has 3 nitrogen and oxygen atoms in total. The van der Waals surface area contributed by atoms with Gasteiger partial charge in [-0.3, -0.25) is 14.9 Å². The van der Waals surface area contributed by atoms with Gasteiger partial charge in [0.25, 0.3) is 0 Å². The average Bonchev–Trinajstić information content (AvgIpc) is 2.57. The van der Waals surface area contributed by atoms with Crippen LogP contribution in [0.3, 0.4) is 0 Å². The molecule has 0 saturated carbocycles. The molecule has 0 fully saturated rings. The minimum absolute atomic E-state index is 0.771. The lowest BCUT2D eigenvalue weighted by Gasteiger charge is -2.22. The van der Waals surface area contributed by atoms with Crippen molar-refractivity contribution in [2.45, 2.75) is 19.6 Å². The molecule has 2 heterocycles. The van der Waals surface area contributed by atoms with Crippen LogP contribution in [0.15, 0.2) is 73.3 Å². The molecule has 0 radical (unpaired) electrons. The van der Waals surface area contributed by atoms with Gasteiger partial charge in [0.2, 0.25) is 0 Å². The van der Waals surface area contributed by atoms with Crippen LogP contribution in [0.5, 0.6) is 0 Å². The monoisotopic (exact) mass is 323 g/mol. The zero-order valence-corrected chi connectivity index (χ0v) is 13.5. The summed E-state index contributed by atoms with van der Waals surface area (Å²) in [6.07, 6.45) is 7.37. The van der Waals surface area contributed by atoms with Gasteiger partial charge in [-0.2, -0.15) is 0 Å². The van der Waals surface area contributed by atoms with Gasteiger partial charge in [-0.15, -0.1) is 0 Å². The zero-order valence-electron chi connectivity index (χ0n) is 12.8. The van der Waals surface area contributed by atoms with Crippen molar-refractivity contribution in [3.05, 3.63) is 95.0 Å². The van der Waals surface area contributed by atoms with Crippen LogP contribution in [0.4, 0.5) is 0 Å². The van der Waals surface area contributed by atoms with E-state index in [1.54, 1.807) is 6.20 Å². The third-order valence-corrected chi connectivity index (χ3v) is 3.81. The number of pyridine rings is 2. The van der Waals surface area contributed by atoms with Crippen LogP contribution in [-0.2, 0) is 19.6 Å². The molecular weight excluding hydrogens is 306 g/mol. The molecule has 0 bridgehead atoms. The molecule has 0 aliphatic carbocycles. The first-order valence-corrected chi connectivity index (χ1v) is 7.92. The lowest BCUT2D eigenvalue weighted by Crippen LogP contribution is -2.22. The second-order valence-corrected chi connectivity index (χ2v) is 5.93. The Morgan fingerprint density at radius 3 is 2.22 bits per heavy atom. The molecule has 1 aromatic carbocycles. The van der Waals surface area contributed by atoms with E-state index in [-0.39, 0.29) is 0 Å². The largest absolute Gasteiger partial charge is 0.291 e. The average molecular weight is 324 g/mol. The van der Waals surface area contributed by atoms with Crippen LogP contribution in [0.1, 0.15) is 16.7 Å². The third kappa shape index (κ3) is 4.88.